The molecule has 1 unspecified atom stereocenters. The third-order valence-corrected chi connectivity index (χ3v) is 3.87. The van der Waals surface area contributed by atoms with Gasteiger partial charge >= 0.3 is 5.97 Å². The molecule has 3 nitrogen and oxygen atoms in total. The maximum Gasteiger partial charge on any atom is 0.321 e. The molecule has 1 aliphatic heterocycles. The zero-order valence-electron chi connectivity index (χ0n) is 8.04. The van der Waals surface area contributed by atoms with Crippen LogP contribution < -0.4 is 5.32 Å². The number of nitrogens with one attached hydrogen (secondary N) is 1. The first-order valence-corrected chi connectivity index (χ1v) is 5.59. The molecule has 0 bridgehead atoms. The Hall–Kier alpha value is -0.870. The molecule has 4 heteroatoms. The molecule has 1 atom stereocenters. The van der Waals surface area contributed by atoms with E-state index in [9.17, 15) is 4.79 Å². The summed E-state index contributed by atoms with van der Waals surface area (Å²) in [5.41, 5.74) is 1.28. The monoisotopic (exact) mass is 211 g/mol. The van der Waals surface area contributed by atoms with Crippen molar-refractivity contribution in [3.05, 3.63) is 21.4 Å². The van der Waals surface area contributed by atoms with Gasteiger partial charge in [0.25, 0.3) is 0 Å². The molecule has 2 heterocycles. The average molecular weight is 211 g/mol. The minimum atomic E-state index is -0.748. The molecule has 0 saturated carbocycles. The first kappa shape index (κ1) is 9.68. The summed E-state index contributed by atoms with van der Waals surface area (Å²) >= 11 is 1.75. The van der Waals surface area contributed by atoms with Gasteiger partial charge in [-0.3, -0.25) is 10.1 Å². The number of thiophene rings is 1. The zero-order valence-corrected chi connectivity index (χ0v) is 8.86. The Morgan fingerprint density at radius 2 is 2.57 bits per heavy atom. The van der Waals surface area contributed by atoms with E-state index in [0.29, 0.717) is 13.0 Å². The van der Waals surface area contributed by atoms with E-state index >= 15 is 0 Å². The number of rotatable bonds is 2. The molecule has 1 aliphatic rings. The van der Waals surface area contributed by atoms with Crippen LogP contribution in [-0.2, 0) is 24.2 Å². The second kappa shape index (κ2) is 3.71. The molecular weight excluding hydrogens is 198 g/mol. The minimum Gasteiger partial charge on any atom is -0.480 e. The number of carbonyl (C=O) groups is 1. The first-order chi connectivity index (χ1) is 6.70. The summed E-state index contributed by atoms with van der Waals surface area (Å²) < 4.78 is 0. The van der Waals surface area contributed by atoms with E-state index in [1.165, 1.54) is 15.3 Å². The lowest BCUT2D eigenvalue weighted by Gasteiger charge is -2.19. The molecule has 14 heavy (non-hydrogen) atoms. The van der Waals surface area contributed by atoms with Gasteiger partial charge in [-0.1, -0.05) is 6.92 Å². The van der Waals surface area contributed by atoms with Gasteiger partial charge in [-0.15, -0.1) is 11.3 Å². The molecule has 1 aromatic heterocycles. The van der Waals surface area contributed by atoms with E-state index in [1.807, 2.05) is 0 Å². The Bertz CT molecular complexity index is 359. The van der Waals surface area contributed by atoms with E-state index in [1.54, 1.807) is 11.3 Å². The number of aryl methyl sites for hydroxylation is 1. The molecule has 0 radical (unpaired) electrons. The van der Waals surface area contributed by atoms with E-state index in [-0.39, 0.29) is 0 Å². The van der Waals surface area contributed by atoms with Crippen LogP contribution in [0.3, 0.4) is 0 Å². The summed E-state index contributed by atoms with van der Waals surface area (Å²) in [5.74, 6) is -0.748. The standard InChI is InChI=1S/C10H13NO2S/c1-2-7-3-6-5-11-8(10(12)13)4-9(6)14-7/h3,8,11H,2,4-5H2,1H3,(H,12,13). The summed E-state index contributed by atoms with van der Waals surface area (Å²) in [6, 6.07) is 1.79. The number of carboxylic acids is 1. The van der Waals surface area contributed by atoms with Gasteiger partial charge in [-0.2, -0.15) is 0 Å². The smallest absolute Gasteiger partial charge is 0.321 e. The number of hydrogen-bond donors (Lipinski definition) is 2. The lowest BCUT2D eigenvalue weighted by molar-refractivity contribution is -0.139. The van der Waals surface area contributed by atoms with Crippen LogP contribution in [0.1, 0.15) is 22.2 Å². The second-order valence-corrected chi connectivity index (χ2v) is 4.71. The third-order valence-electron chi connectivity index (χ3n) is 2.52. The number of aliphatic carboxylic acids is 1. The van der Waals surface area contributed by atoms with Crippen LogP contribution >= 0.6 is 11.3 Å². The van der Waals surface area contributed by atoms with Gasteiger partial charge < -0.3 is 5.11 Å². The SMILES string of the molecule is CCc1cc2c(s1)CC(C(=O)O)NC2. The topological polar surface area (TPSA) is 49.3 Å². The fraction of sp³-hybridized carbons (Fsp3) is 0.500. The van der Waals surface area contributed by atoms with Crippen molar-refractivity contribution in [3.8, 4) is 0 Å². The Balaban J connectivity index is 2.21. The van der Waals surface area contributed by atoms with Crippen molar-refractivity contribution in [2.24, 2.45) is 0 Å². The molecule has 0 amide bonds. The van der Waals surface area contributed by atoms with Crippen molar-refractivity contribution < 1.29 is 9.90 Å². The molecule has 0 aliphatic carbocycles. The van der Waals surface area contributed by atoms with E-state index in [4.69, 9.17) is 5.11 Å². The maximum atomic E-state index is 10.8. The van der Waals surface area contributed by atoms with Gasteiger partial charge in [0, 0.05) is 22.7 Å². The summed E-state index contributed by atoms with van der Waals surface area (Å²) in [6.45, 7) is 2.82. The highest BCUT2D eigenvalue weighted by Gasteiger charge is 2.24. The van der Waals surface area contributed by atoms with Crippen LogP contribution in [0.5, 0.6) is 0 Å². The molecule has 0 spiro atoms. The molecule has 0 aromatic carbocycles. The van der Waals surface area contributed by atoms with Crippen LogP contribution in [0.4, 0.5) is 0 Å². The van der Waals surface area contributed by atoms with Gasteiger partial charge in [0.2, 0.25) is 0 Å². The van der Waals surface area contributed by atoms with Crippen LogP contribution in [-0.4, -0.2) is 17.1 Å². The largest absolute Gasteiger partial charge is 0.480 e. The van der Waals surface area contributed by atoms with E-state index < -0.39 is 12.0 Å². The van der Waals surface area contributed by atoms with Gasteiger partial charge in [0.1, 0.15) is 6.04 Å². The molecule has 0 saturated heterocycles. The van der Waals surface area contributed by atoms with Gasteiger partial charge in [0.15, 0.2) is 0 Å². The van der Waals surface area contributed by atoms with Crippen LogP contribution in [0, 0.1) is 0 Å². The molecule has 0 fully saturated rings. The quantitative estimate of drug-likeness (QED) is 0.777. The summed E-state index contributed by atoms with van der Waals surface area (Å²) in [4.78, 5) is 13.4. The zero-order chi connectivity index (χ0) is 10.1. The summed E-state index contributed by atoms with van der Waals surface area (Å²) in [5, 5.41) is 11.9. The summed E-state index contributed by atoms with van der Waals surface area (Å²) in [7, 11) is 0. The van der Waals surface area contributed by atoms with Crippen molar-refractivity contribution in [1.29, 1.82) is 0 Å². The Morgan fingerprint density at radius 3 is 3.21 bits per heavy atom. The normalized spacial score (nSPS) is 20.5. The maximum absolute atomic E-state index is 10.8. The van der Waals surface area contributed by atoms with E-state index in [0.717, 1.165) is 6.42 Å². The van der Waals surface area contributed by atoms with Gasteiger partial charge in [0.05, 0.1) is 0 Å². The molecule has 2 N–H and O–H groups in total. The Labute approximate surface area is 86.8 Å². The summed E-state index contributed by atoms with van der Waals surface area (Å²) in [6.07, 6.45) is 1.67. The van der Waals surface area contributed by atoms with Crippen molar-refractivity contribution in [3.63, 3.8) is 0 Å². The lowest BCUT2D eigenvalue weighted by atomic mass is 10.0. The van der Waals surface area contributed by atoms with E-state index in [2.05, 4.69) is 18.3 Å². The highest BCUT2D eigenvalue weighted by atomic mass is 32.1. The third kappa shape index (κ3) is 1.67. The fourth-order valence-electron chi connectivity index (χ4n) is 1.69. The Kier molecular flexibility index (Phi) is 2.56. The molecule has 1 aromatic rings. The Morgan fingerprint density at radius 1 is 1.79 bits per heavy atom. The number of carboxylic acid groups (broad SMARTS) is 1. The van der Waals surface area contributed by atoms with Crippen molar-refractivity contribution >= 4 is 17.3 Å². The predicted molar refractivity (Wildman–Crippen MR) is 55.7 cm³/mol. The van der Waals surface area contributed by atoms with Crippen molar-refractivity contribution in [1.82, 2.24) is 5.32 Å². The lowest BCUT2D eigenvalue weighted by Crippen LogP contribution is -2.40. The minimum absolute atomic E-state index is 0.397. The number of hydrogen-bond acceptors (Lipinski definition) is 3. The van der Waals surface area contributed by atoms with Crippen LogP contribution in [0.15, 0.2) is 6.07 Å². The van der Waals surface area contributed by atoms with Crippen LogP contribution in [0.25, 0.3) is 0 Å². The van der Waals surface area contributed by atoms with Crippen LogP contribution in [0.2, 0.25) is 0 Å². The average Bonchev–Trinajstić information content (AvgIpc) is 2.58. The highest BCUT2D eigenvalue weighted by Crippen LogP contribution is 2.27. The molecular formula is C10H13NO2S. The number of fused-ring (bicyclic) bond motifs is 1. The highest BCUT2D eigenvalue weighted by molar-refractivity contribution is 7.12. The van der Waals surface area contributed by atoms with Gasteiger partial charge in [-0.05, 0) is 18.1 Å². The predicted octanol–water partition coefficient (Wildman–Crippen LogP) is 1.41. The fourth-order valence-corrected chi connectivity index (χ4v) is 2.86. The first-order valence-electron chi connectivity index (χ1n) is 4.77. The second-order valence-electron chi connectivity index (χ2n) is 3.49. The van der Waals surface area contributed by atoms with Crippen molar-refractivity contribution in [2.45, 2.75) is 32.4 Å². The molecule has 76 valence electrons. The molecule has 2 rings (SSSR count). The van der Waals surface area contributed by atoms with Gasteiger partial charge in [-0.25, -0.2) is 0 Å². The van der Waals surface area contributed by atoms with Crippen molar-refractivity contribution in [2.75, 3.05) is 0 Å².